The zero-order valence-corrected chi connectivity index (χ0v) is 10.2. The zero-order valence-electron chi connectivity index (χ0n) is 10.2. The van der Waals surface area contributed by atoms with E-state index >= 15 is 0 Å². The van der Waals surface area contributed by atoms with Gasteiger partial charge in [0, 0.05) is 24.1 Å². The van der Waals surface area contributed by atoms with Gasteiger partial charge in [0.15, 0.2) is 5.78 Å². The molecule has 0 aliphatic heterocycles. The largest absolute Gasteiger partial charge is 0.370 e. The van der Waals surface area contributed by atoms with Crippen LogP contribution in [-0.2, 0) is 9.59 Å². The van der Waals surface area contributed by atoms with E-state index in [0.29, 0.717) is 17.7 Å². The van der Waals surface area contributed by atoms with Crippen LogP contribution >= 0.6 is 0 Å². The standard InChI is InChI=1S/C13H16N2O3/c1-9(16)10-4-2-5-11(8-10)15-13(18)7-3-6-12(14)17/h2,4-5,8H,3,6-7H2,1H3,(H2,14,17)(H,15,18). The Morgan fingerprint density at radius 2 is 1.94 bits per heavy atom. The van der Waals surface area contributed by atoms with Crippen LogP contribution in [0, 0.1) is 0 Å². The number of Topliss-reactive ketones (excluding diaryl/α,β-unsaturated/α-hetero) is 1. The molecule has 0 atom stereocenters. The van der Waals surface area contributed by atoms with Crippen LogP contribution in [0.2, 0.25) is 0 Å². The molecule has 0 spiro atoms. The number of carbonyl (C=O) groups is 3. The third-order valence-electron chi connectivity index (χ3n) is 2.38. The number of anilines is 1. The molecule has 0 fully saturated rings. The molecule has 1 aromatic rings. The Bertz CT molecular complexity index is 469. The summed E-state index contributed by atoms with van der Waals surface area (Å²) in [5.41, 5.74) is 6.10. The van der Waals surface area contributed by atoms with Gasteiger partial charge in [-0.1, -0.05) is 12.1 Å². The average Bonchev–Trinajstić information content (AvgIpc) is 2.28. The molecule has 18 heavy (non-hydrogen) atoms. The number of nitrogens with one attached hydrogen (secondary N) is 1. The summed E-state index contributed by atoms with van der Waals surface area (Å²) in [5, 5.41) is 2.67. The Hall–Kier alpha value is -2.17. The van der Waals surface area contributed by atoms with Crippen molar-refractivity contribution in [2.45, 2.75) is 26.2 Å². The predicted molar refractivity (Wildman–Crippen MR) is 68.1 cm³/mol. The van der Waals surface area contributed by atoms with Crippen LogP contribution in [0.4, 0.5) is 5.69 Å². The molecule has 0 aliphatic carbocycles. The number of ketones is 1. The Balaban J connectivity index is 2.51. The highest BCUT2D eigenvalue weighted by atomic mass is 16.2. The first kappa shape index (κ1) is 13.9. The quantitative estimate of drug-likeness (QED) is 0.747. The van der Waals surface area contributed by atoms with Gasteiger partial charge in [-0.05, 0) is 25.5 Å². The second-order valence-electron chi connectivity index (χ2n) is 4.01. The van der Waals surface area contributed by atoms with Gasteiger partial charge >= 0.3 is 0 Å². The number of amides is 2. The molecule has 0 unspecified atom stereocenters. The molecule has 96 valence electrons. The summed E-state index contributed by atoms with van der Waals surface area (Å²) in [4.78, 5) is 33.2. The maximum Gasteiger partial charge on any atom is 0.224 e. The van der Waals surface area contributed by atoms with Gasteiger partial charge in [0.25, 0.3) is 0 Å². The summed E-state index contributed by atoms with van der Waals surface area (Å²) in [6, 6.07) is 6.72. The highest BCUT2D eigenvalue weighted by molar-refractivity contribution is 5.97. The van der Waals surface area contributed by atoms with Gasteiger partial charge in [-0.3, -0.25) is 14.4 Å². The molecule has 0 aliphatic rings. The van der Waals surface area contributed by atoms with Gasteiger partial charge in [0.2, 0.25) is 11.8 Å². The Labute approximate surface area is 105 Å². The monoisotopic (exact) mass is 248 g/mol. The zero-order chi connectivity index (χ0) is 13.5. The van der Waals surface area contributed by atoms with Crippen molar-refractivity contribution in [1.82, 2.24) is 0 Å². The maximum absolute atomic E-state index is 11.5. The Kier molecular flexibility index (Phi) is 5.05. The van der Waals surface area contributed by atoms with Crippen LogP contribution in [0.5, 0.6) is 0 Å². The minimum Gasteiger partial charge on any atom is -0.370 e. The summed E-state index contributed by atoms with van der Waals surface area (Å²) in [5.74, 6) is -0.668. The van der Waals surface area contributed by atoms with Crippen LogP contribution < -0.4 is 11.1 Å². The van der Waals surface area contributed by atoms with Crippen molar-refractivity contribution in [2.75, 3.05) is 5.32 Å². The number of rotatable bonds is 6. The molecule has 2 amide bonds. The second-order valence-corrected chi connectivity index (χ2v) is 4.01. The third-order valence-corrected chi connectivity index (χ3v) is 2.38. The van der Waals surface area contributed by atoms with Crippen LogP contribution in [0.15, 0.2) is 24.3 Å². The number of benzene rings is 1. The van der Waals surface area contributed by atoms with Crippen LogP contribution in [0.25, 0.3) is 0 Å². The molecule has 0 bridgehead atoms. The highest BCUT2D eigenvalue weighted by Gasteiger charge is 2.05. The van der Waals surface area contributed by atoms with Crippen molar-refractivity contribution in [3.63, 3.8) is 0 Å². The van der Waals surface area contributed by atoms with Gasteiger partial charge in [-0.2, -0.15) is 0 Å². The number of nitrogens with two attached hydrogens (primary N) is 1. The molecule has 0 heterocycles. The lowest BCUT2D eigenvalue weighted by molar-refractivity contribution is -0.118. The lowest BCUT2D eigenvalue weighted by Gasteiger charge is -2.05. The minimum absolute atomic E-state index is 0.0557. The van der Waals surface area contributed by atoms with E-state index in [0.717, 1.165) is 0 Å². The molecule has 5 nitrogen and oxygen atoms in total. The molecule has 1 rings (SSSR count). The van der Waals surface area contributed by atoms with Crippen molar-refractivity contribution in [1.29, 1.82) is 0 Å². The number of hydrogen-bond donors (Lipinski definition) is 2. The summed E-state index contributed by atoms with van der Waals surface area (Å²) in [7, 11) is 0. The van der Waals surface area contributed by atoms with Crippen LogP contribution in [0.3, 0.4) is 0 Å². The minimum atomic E-state index is -0.415. The number of primary amides is 1. The number of carbonyl (C=O) groups excluding carboxylic acids is 3. The molecule has 0 radical (unpaired) electrons. The van der Waals surface area contributed by atoms with E-state index in [-0.39, 0.29) is 24.5 Å². The fourth-order valence-corrected chi connectivity index (χ4v) is 1.46. The van der Waals surface area contributed by atoms with Crippen LogP contribution in [-0.4, -0.2) is 17.6 Å². The van der Waals surface area contributed by atoms with Crippen molar-refractivity contribution < 1.29 is 14.4 Å². The normalized spacial score (nSPS) is 9.83. The van der Waals surface area contributed by atoms with E-state index in [1.54, 1.807) is 24.3 Å². The number of hydrogen-bond acceptors (Lipinski definition) is 3. The van der Waals surface area contributed by atoms with Crippen molar-refractivity contribution in [3.05, 3.63) is 29.8 Å². The van der Waals surface area contributed by atoms with E-state index in [4.69, 9.17) is 5.73 Å². The molecule has 5 heteroatoms. The molecule has 1 aromatic carbocycles. The fraction of sp³-hybridized carbons (Fsp3) is 0.308. The predicted octanol–water partition coefficient (Wildman–Crippen LogP) is 1.48. The Morgan fingerprint density at radius 1 is 1.22 bits per heavy atom. The molecule has 3 N–H and O–H groups in total. The first-order valence-corrected chi connectivity index (χ1v) is 5.68. The van der Waals surface area contributed by atoms with Crippen LogP contribution in [0.1, 0.15) is 36.5 Å². The van der Waals surface area contributed by atoms with Gasteiger partial charge in [0.1, 0.15) is 0 Å². The van der Waals surface area contributed by atoms with E-state index in [1.807, 2.05) is 0 Å². The summed E-state index contributed by atoms with van der Waals surface area (Å²) in [6.45, 7) is 1.47. The van der Waals surface area contributed by atoms with Gasteiger partial charge in [-0.25, -0.2) is 0 Å². The smallest absolute Gasteiger partial charge is 0.224 e. The lowest BCUT2D eigenvalue weighted by Crippen LogP contribution is -2.14. The Morgan fingerprint density at radius 3 is 2.56 bits per heavy atom. The van der Waals surface area contributed by atoms with E-state index < -0.39 is 5.91 Å². The summed E-state index contributed by atoms with van der Waals surface area (Å²) < 4.78 is 0. The van der Waals surface area contributed by atoms with Crippen molar-refractivity contribution in [2.24, 2.45) is 5.73 Å². The first-order valence-electron chi connectivity index (χ1n) is 5.68. The van der Waals surface area contributed by atoms with Gasteiger partial charge < -0.3 is 11.1 Å². The summed E-state index contributed by atoms with van der Waals surface area (Å²) >= 11 is 0. The fourth-order valence-electron chi connectivity index (χ4n) is 1.46. The average molecular weight is 248 g/mol. The van der Waals surface area contributed by atoms with Gasteiger partial charge in [-0.15, -0.1) is 0 Å². The van der Waals surface area contributed by atoms with E-state index in [9.17, 15) is 14.4 Å². The molecule has 0 aromatic heterocycles. The molecular weight excluding hydrogens is 232 g/mol. The molecule has 0 saturated carbocycles. The maximum atomic E-state index is 11.5. The van der Waals surface area contributed by atoms with Crippen molar-refractivity contribution >= 4 is 23.3 Å². The highest BCUT2D eigenvalue weighted by Crippen LogP contribution is 2.12. The lowest BCUT2D eigenvalue weighted by atomic mass is 10.1. The molecular formula is C13H16N2O3. The third kappa shape index (κ3) is 4.78. The van der Waals surface area contributed by atoms with E-state index in [1.165, 1.54) is 6.92 Å². The topological polar surface area (TPSA) is 89.3 Å². The van der Waals surface area contributed by atoms with E-state index in [2.05, 4.69) is 5.32 Å². The first-order chi connectivity index (χ1) is 8.49. The SMILES string of the molecule is CC(=O)c1cccc(NC(=O)CCCC(N)=O)c1. The summed E-state index contributed by atoms with van der Waals surface area (Å²) in [6.07, 6.45) is 0.849. The van der Waals surface area contributed by atoms with Gasteiger partial charge in [0.05, 0.1) is 0 Å². The van der Waals surface area contributed by atoms with Crippen molar-refractivity contribution in [3.8, 4) is 0 Å². The molecule has 0 saturated heterocycles. The second kappa shape index (κ2) is 6.54.